The zero-order valence-electron chi connectivity index (χ0n) is 17.3. The Morgan fingerprint density at radius 3 is 2.45 bits per heavy atom. The van der Waals surface area contributed by atoms with E-state index in [4.69, 9.17) is 16.3 Å². The first kappa shape index (κ1) is 22.5. The third-order valence-corrected chi connectivity index (χ3v) is 5.43. The number of hydrogen-bond acceptors (Lipinski definition) is 5. The molecule has 31 heavy (non-hydrogen) atoms. The Morgan fingerprint density at radius 1 is 1.13 bits per heavy atom. The van der Waals surface area contributed by atoms with Crippen molar-refractivity contribution in [3.8, 4) is 6.07 Å². The van der Waals surface area contributed by atoms with Crippen LogP contribution in [-0.4, -0.2) is 54.5 Å². The van der Waals surface area contributed by atoms with Gasteiger partial charge in [-0.15, -0.1) is 0 Å². The highest BCUT2D eigenvalue weighted by Crippen LogP contribution is 2.25. The lowest BCUT2D eigenvalue weighted by Crippen LogP contribution is -2.50. The molecule has 0 spiro atoms. The standard InChI is InChI=1S/C24H24ClN3O3/c1-2-31-24(30)23(19-7-10-21(25)11-8-19)28-15-13-27(14-16-28)22(29)12-9-18-5-3-4-6-20(18)17-26/h3-12,23H,2,13-16H2,1H3/b12-9+. The molecule has 0 aliphatic carbocycles. The number of esters is 1. The summed E-state index contributed by atoms with van der Waals surface area (Å²) in [5, 5.41) is 9.78. The smallest absolute Gasteiger partial charge is 0.328 e. The first-order chi connectivity index (χ1) is 15.0. The topological polar surface area (TPSA) is 73.6 Å². The number of carbonyl (C=O) groups is 2. The number of nitrogens with zero attached hydrogens (tertiary/aromatic N) is 3. The van der Waals surface area contributed by atoms with E-state index < -0.39 is 6.04 Å². The number of ether oxygens (including phenoxy) is 1. The summed E-state index contributed by atoms with van der Waals surface area (Å²) in [4.78, 5) is 29.0. The number of hydrogen-bond donors (Lipinski definition) is 0. The van der Waals surface area contributed by atoms with Gasteiger partial charge in [0, 0.05) is 37.3 Å². The van der Waals surface area contributed by atoms with Crippen LogP contribution in [0.2, 0.25) is 5.02 Å². The van der Waals surface area contributed by atoms with Gasteiger partial charge in [-0.2, -0.15) is 5.26 Å². The summed E-state index contributed by atoms with van der Waals surface area (Å²) < 4.78 is 5.29. The molecular weight excluding hydrogens is 414 g/mol. The van der Waals surface area contributed by atoms with E-state index in [0.717, 1.165) is 5.56 Å². The van der Waals surface area contributed by atoms with Crippen LogP contribution in [0.3, 0.4) is 0 Å². The predicted octanol–water partition coefficient (Wildman–Crippen LogP) is 3.67. The minimum Gasteiger partial charge on any atom is -0.465 e. The van der Waals surface area contributed by atoms with Gasteiger partial charge in [0.05, 0.1) is 18.2 Å². The number of piperazine rings is 1. The van der Waals surface area contributed by atoms with E-state index in [1.54, 1.807) is 48.2 Å². The molecule has 1 aliphatic heterocycles. The van der Waals surface area contributed by atoms with Crippen LogP contribution < -0.4 is 0 Å². The van der Waals surface area contributed by atoms with Gasteiger partial charge < -0.3 is 9.64 Å². The Bertz CT molecular complexity index is 990. The van der Waals surface area contributed by atoms with E-state index in [-0.39, 0.29) is 11.9 Å². The van der Waals surface area contributed by atoms with Gasteiger partial charge in [0.1, 0.15) is 6.04 Å². The molecule has 1 aliphatic rings. The van der Waals surface area contributed by atoms with Crippen molar-refractivity contribution in [2.45, 2.75) is 13.0 Å². The summed E-state index contributed by atoms with van der Waals surface area (Å²) in [5.74, 6) is -0.427. The Labute approximate surface area is 187 Å². The second-order valence-electron chi connectivity index (χ2n) is 7.10. The summed E-state index contributed by atoms with van der Waals surface area (Å²) in [7, 11) is 0. The molecule has 3 rings (SSSR count). The number of halogens is 1. The molecule has 2 aromatic carbocycles. The highest BCUT2D eigenvalue weighted by atomic mass is 35.5. The lowest BCUT2D eigenvalue weighted by atomic mass is 10.0. The van der Waals surface area contributed by atoms with Crippen LogP contribution in [-0.2, 0) is 14.3 Å². The maximum Gasteiger partial charge on any atom is 0.328 e. The molecule has 0 bridgehead atoms. The molecule has 1 saturated heterocycles. The Kier molecular flexibility index (Phi) is 7.82. The van der Waals surface area contributed by atoms with Gasteiger partial charge in [-0.1, -0.05) is 41.9 Å². The van der Waals surface area contributed by atoms with Crippen LogP contribution in [0, 0.1) is 11.3 Å². The highest BCUT2D eigenvalue weighted by molar-refractivity contribution is 6.30. The van der Waals surface area contributed by atoms with Crippen LogP contribution >= 0.6 is 11.6 Å². The molecular formula is C24H24ClN3O3. The molecule has 1 heterocycles. The molecule has 0 N–H and O–H groups in total. The SMILES string of the molecule is CCOC(=O)C(c1ccc(Cl)cc1)N1CCN(C(=O)/C=C/c2ccccc2C#N)CC1. The van der Waals surface area contributed by atoms with Crippen LogP contribution in [0.1, 0.15) is 29.7 Å². The van der Waals surface area contributed by atoms with E-state index in [1.165, 1.54) is 6.08 Å². The molecule has 1 unspecified atom stereocenters. The second kappa shape index (κ2) is 10.8. The van der Waals surface area contributed by atoms with Crippen molar-refractivity contribution in [1.82, 2.24) is 9.80 Å². The predicted molar refractivity (Wildman–Crippen MR) is 119 cm³/mol. The quantitative estimate of drug-likeness (QED) is 0.509. The maximum absolute atomic E-state index is 12.6. The molecule has 2 aromatic rings. The molecule has 0 saturated carbocycles. The molecule has 1 fully saturated rings. The average molecular weight is 438 g/mol. The number of nitriles is 1. The van der Waals surface area contributed by atoms with Gasteiger partial charge in [0.2, 0.25) is 5.91 Å². The van der Waals surface area contributed by atoms with Crippen molar-refractivity contribution in [3.05, 3.63) is 76.3 Å². The summed E-state index contributed by atoms with van der Waals surface area (Å²) in [6.07, 6.45) is 3.16. The fraction of sp³-hybridized carbons (Fsp3) is 0.292. The number of carbonyl (C=O) groups excluding carboxylic acids is 2. The maximum atomic E-state index is 12.6. The molecule has 0 radical (unpaired) electrons. The van der Waals surface area contributed by atoms with Crippen molar-refractivity contribution in [2.75, 3.05) is 32.8 Å². The lowest BCUT2D eigenvalue weighted by molar-refractivity contribution is -0.151. The summed E-state index contributed by atoms with van der Waals surface area (Å²) in [6, 6.07) is 15.9. The second-order valence-corrected chi connectivity index (χ2v) is 7.54. The van der Waals surface area contributed by atoms with E-state index in [0.29, 0.717) is 48.9 Å². The van der Waals surface area contributed by atoms with E-state index in [9.17, 15) is 14.9 Å². The normalized spacial score (nSPS) is 15.5. The first-order valence-electron chi connectivity index (χ1n) is 10.2. The molecule has 1 atom stereocenters. The van der Waals surface area contributed by atoms with E-state index in [2.05, 4.69) is 6.07 Å². The number of rotatable bonds is 6. The Hall–Kier alpha value is -3.14. The summed E-state index contributed by atoms with van der Waals surface area (Å²) in [5.41, 5.74) is 2.05. The summed E-state index contributed by atoms with van der Waals surface area (Å²) in [6.45, 7) is 4.15. The fourth-order valence-electron chi connectivity index (χ4n) is 3.57. The van der Waals surface area contributed by atoms with Crippen molar-refractivity contribution in [2.24, 2.45) is 0 Å². The van der Waals surface area contributed by atoms with Gasteiger partial charge in [-0.3, -0.25) is 9.69 Å². The monoisotopic (exact) mass is 437 g/mol. The largest absolute Gasteiger partial charge is 0.465 e. The average Bonchev–Trinajstić information content (AvgIpc) is 2.79. The van der Waals surface area contributed by atoms with Gasteiger partial charge in [0.15, 0.2) is 0 Å². The minimum atomic E-state index is -0.535. The molecule has 1 amide bonds. The Morgan fingerprint density at radius 2 is 1.81 bits per heavy atom. The number of amides is 1. The van der Waals surface area contributed by atoms with Gasteiger partial charge >= 0.3 is 5.97 Å². The molecule has 6 nitrogen and oxygen atoms in total. The third-order valence-electron chi connectivity index (χ3n) is 5.17. The van der Waals surface area contributed by atoms with Crippen molar-refractivity contribution >= 4 is 29.6 Å². The van der Waals surface area contributed by atoms with Gasteiger partial charge in [-0.25, -0.2) is 4.79 Å². The van der Waals surface area contributed by atoms with Crippen LogP contribution in [0.4, 0.5) is 0 Å². The highest BCUT2D eigenvalue weighted by Gasteiger charge is 2.32. The van der Waals surface area contributed by atoms with E-state index in [1.807, 2.05) is 23.1 Å². The van der Waals surface area contributed by atoms with Crippen molar-refractivity contribution in [1.29, 1.82) is 5.26 Å². The van der Waals surface area contributed by atoms with Crippen molar-refractivity contribution in [3.63, 3.8) is 0 Å². The molecule has 0 aromatic heterocycles. The molecule has 7 heteroatoms. The first-order valence-corrected chi connectivity index (χ1v) is 10.5. The van der Waals surface area contributed by atoms with Crippen molar-refractivity contribution < 1.29 is 14.3 Å². The fourth-order valence-corrected chi connectivity index (χ4v) is 3.70. The van der Waals surface area contributed by atoms with Crippen LogP contribution in [0.5, 0.6) is 0 Å². The Balaban J connectivity index is 1.66. The minimum absolute atomic E-state index is 0.119. The van der Waals surface area contributed by atoms with Crippen LogP contribution in [0.15, 0.2) is 54.6 Å². The lowest BCUT2D eigenvalue weighted by Gasteiger charge is -2.38. The third kappa shape index (κ3) is 5.72. The zero-order valence-corrected chi connectivity index (χ0v) is 18.1. The van der Waals surface area contributed by atoms with Gasteiger partial charge in [-0.05, 0) is 42.3 Å². The molecule has 160 valence electrons. The summed E-state index contributed by atoms with van der Waals surface area (Å²) >= 11 is 5.99. The van der Waals surface area contributed by atoms with Gasteiger partial charge in [0.25, 0.3) is 0 Å². The van der Waals surface area contributed by atoms with E-state index >= 15 is 0 Å². The zero-order chi connectivity index (χ0) is 22.2. The van der Waals surface area contributed by atoms with Crippen LogP contribution in [0.25, 0.3) is 6.08 Å². The number of benzene rings is 2.